The Bertz CT molecular complexity index is 1100. The van der Waals surface area contributed by atoms with Crippen LogP contribution >= 0.6 is 0 Å². The maximum atomic E-state index is 13.6. The maximum absolute atomic E-state index is 13.6. The van der Waals surface area contributed by atoms with Gasteiger partial charge in [0.1, 0.15) is 11.6 Å². The first-order valence-corrected chi connectivity index (χ1v) is 11.2. The summed E-state index contributed by atoms with van der Waals surface area (Å²) in [6.45, 7) is 4.15. The quantitative estimate of drug-likeness (QED) is 0.505. The predicted octanol–water partition coefficient (Wildman–Crippen LogP) is 5.46. The van der Waals surface area contributed by atoms with Gasteiger partial charge in [-0.2, -0.15) is 0 Å². The lowest BCUT2D eigenvalue weighted by Gasteiger charge is -2.34. The molecule has 3 rings (SSSR count). The van der Waals surface area contributed by atoms with E-state index in [2.05, 4.69) is 18.6 Å². The Hall–Kier alpha value is -3.09. The minimum atomic E-state index is -1.03. The average molecular weight is 469 g/mol. The van der Waals surface area contributed by atoms with Crippen LogP contribution in [0.4, 0.5) is 8.78 Å². The molecule has 1 aliphatic rings. The van der Waals surface area contributed by atoms with Crippen LogP contribution in [0.3, 0.4) is 0 Å². The number of halogens is 2. The zero-order chi connectivity index (χ0) is 24.9. The first-order chi connectivity index (χ1) is 16.1. The van der Waals surface area contributed by atoms with Crippen LogP contribution in [0.25, 0.3) is 11.1 Å². The van der Waals surface area contributed by atoms with Crippen LogP contribution in [-0.4, -0.2) is 35.5 Å². The number of carbonyl (C=O) groups excluding carboxylic acids is 1. The first kappa shape index (κ1) is 25.5. The zero-order valence-corrected chi connectivity index (χ0v) is 19.6. The third-order valence-electron chi connectivity index (χ3n) is 5.97. The lowest BCUT2D eigenvalue weighted by molar-refractivity contribution is -0.143. The van der Waals surface area contributed by atoms with Gasteiger partial charge < -0.3 is 14.9 Å². The van der Waals surface area contributed by atoms with Crippen LogP contribution in [0.2, 0.25) is 0 Å². The summed E-state index contributed by atoms with van der Waals surface area (Å²) in [7, 11) is 1.24. The molecule has 2 aromatic carbocycles. The third kappa shape index (κ3) is 6.49. The van der Waals surface area contributed by atoms with Crippen molar-refractivity contribution in [3.05, 3.63) is 95.1 Å². The molecule has 0 saturated heterocycles. The molecule has 2 N–H and O–H groups in total. The molecule has 0 fully saturated rings. The Morgan fingerprint density at radius 1 is 1.03 bits per heavy atom. The van der Waals surface area contributed by atoms with Gasteiger partial charge in [-0.1, -0.05) is 56.3 Å². The van der Waals surface area contributed by atoms with E-state index in [0.29, 0.717) is 6.42 Å². The van der Waals surface area contributed by atoms with Gasteiger partial charge in [-0.3, -0.25) is 4.79 Å². The number of aliphatic hydroxyl groups is 2. The minimum Gasteiger partial charge on any atom is -0.469 e. The molecule has 4 nitrogen and oxygen atoms in total. The van der Waals surface area contributed by atoms with Crippen molar-refractivity contribution in [3.63, 3.8) is 0 Å². The largest absolute Gasteiger partial charge is 0.469 e. The second kappa shape index (κ2) is 10.9. The van der Waals surface area contributed by atoms with E-state index in [1.165, 1.54) is 31.4 Å². The summed E-state index contributed by atoms with van der Waals surface area (Å²) in [6, 6.07) is 12.5. The maximum Gasteiger partial charge on any atom is 0.308 e. The van der Waals surface area contributed by atoms with Crippen molar-refractivity contribution in [2.24, 2.45) is 5.41 Å². The van der Waals surface area contributed by atoms with Crippen LogP contribution in [0.15, 0.2) is 72.3 Å². The van der Waals surface area contributed by atoms with Crippen molar-refractivity contribution >= 4 is 17.1 Å². The monoisotopic (exact) mass is 468 g/mol. The van der Waals surface area contributed by atoms with Crippen molar-refractivity contribution < 1.29 is 28.5 Å². The highest BCUT2D eigenvalue weighted by Gasteiger charge is 2.30. The molecule has 0 aliphatic heterocycles. The molecule has 0 amide bonds. The molecular formula is C28H30F2O4. The standard InChI is InChI=1S/C28H30F2O4/c1-28(2)17-20(18-4-8-21(29)9-5-18)14-25(19-6-10-22(30)11-7-19)26(28)13-12-23(31)15-24(32)16-27(33)34-3/h4-14,23-24,31-32H,15-17H2,1-3H3. The minimum absolute atomic E-state index is 0.0120. The lowest BCUT2D eigenvalue weighted by Crippen LogP contribution is -2.21. The molecule has 2 aromatic rings. The van der Waals surface area contributed by atoms with Crippen molar-refractivity contribution in [1.29, 1.82) is 0 Å². The third-order valence-corrected chi connectivity index (χ3v) is 5.97. The highest BCUT2D eigenvalue weighted by molar-refractivity contribution is 5.90. The van der Waals surface area contributed by atoms with Crippen molar-refractivity contribution in [2.45, 2.75) is 45.3 Å². The molecule has 2 unspecified atom stereocenters. The highest BCUT2D eigenvalue weighted by atomic mass is 19.1. The first-order valence-electron chi connectivity index (χ1n) is 11.2. The summed E-state index contributed by atoms with van der Waals surface area (Å²) in [6.07, 6.45) is 3.90. The van der Waals surface area contributed by atoms with Crippen LogP contribution in [-0.2, 0) is 9.53 Å². The molecule has 180 valence electrons. The summed E-state index contributed by atoms with van der Waals surface area (Å²) in [5.74, 6) is -1.19. The van der Waals surface area contributed by atoms with Gasteiger partial charge in [-0.25, -0.2) is 8.78 Å². The summed E-state index contributed by atoms with van der Waals surface area (Å²) < 4.78 is 31.6. The SMILES string of the molecule is COC(=O)CC(O)CC(O)C=CC1=C(c2ccc(F)cc2)C=C(c2ccc(F)cc2)CC1(C)C. The summed E-state index contributed by atoms with van der Waals surface area (Å²) in [5.41, 5.74) is 4.19. The van der Waals surface area contributed by atoms with Gasteiger partial charge in [0.25, 0.3) is 0 Å². The van der Waals surface area contributed by atoms with Crippen molar-refractivity contribution in [1.82, 2.24) is 0 Å². The molecule has 0 radical (unpaired) electrons. The van der Waals surface area contributed by atoms with E-state index >= 15 is 0 Å². The molecule has 1 aliphatic carbocycles. The van der Waals surface area contributed by atoms with Crippen LogP contribution in [0.5, 0.6) is 0 Å². The van der Waals surface area contributed by atoms with E-state index in [1.54, 1.807) is 30.3 Å². The van der Waals surface area contributed by atoms with Crippen LogP contribution in [0.1, 0.15) is 44.2 Å². The molecule has 0 spiro atoms. The Morgan fingerprint density at radius 2 is 1.59 bits per heavy atom. The van der Waals surface area contributed by atoms with Crippen LogP contribution < -0.4 is 0 Å². The Morgan fingerprint density at radius 3 is 2.15 bits per heavy atom. The zero-order valence-electron chi connectivity index (χ0n) is 19.6. The Labute approximate surface area is 198 Å². The molecule has 2 atom stereocenters. The van der Waals surface area contributed by atoms with Gasteiger partial charge in [0.15, 0.2) is 0 Å². The van der Waals surface area contributed by atoms with Gasteiger partial charge in [0.2, 0.25) is 0 Å². The number of rotatable bonds is 8. The number of hydrogen-bond donors (Lipinski definition) is 2. The van der Waals surface area contributed by atoms with E-state index in [-0.39, 0.29) is 29.9 Å². The Kier molecular flexibility index (Phi) is 8.18. The molecule has 0 heterocycles. The molecular weight excluding hydrogens is 438 g/mol. The number of esters is 1. The smallest absolute Gasteiger partial charge is 0.308 e. The van der Waals surface area contributed by atoms with E-state index in [9.17, 15) is 23.8 Å². The molecule has 0 aromatic heterocycles. The summed E-state index contributed by atoms with van der Waals surface area (Å²) >= 11 is 0. The van der Waals surface area contributed by atoms with Gasteiger partial charge in [0, 0.05) is 6.42 Å². The molecule has 34 heavy (non-hydrogen) atoms. The average Bonchev–Trinajstić information content (AvgIpc) is 2.78. The van der Waals surface area contributed by atoms with Gasteiger partial charge in [0.05, 0.1) is 25.7 Å². The number of ether oxygens (including phenoxy) is 1. The van der Waals surface area contributed by atoms with E-state index in [1.807, 2.05) is 12.2 Å². The Balaban J connectivity index is 1.99. The van der Waals surface area contributed by atoms with E-state index < -0.39 is 18.2 Å². The summed E-state index contributed by atoms with van der Waals surface area (Å²) in [4.78, 5) is 11.3. The molecule has 0 bridgehead atoms. The number of benzene rings is 2. The predicted molar refractivity (Wildman–Crippen MR) is 128 cm³/mol. The fraction of sp³-hybridized carbons (Fsp3) is 0.321. The fourth-order valence-corrected chi connectivity index (χ4v) is 4.20. The van der Waals surface area contributed by atoms with Crippen LogP contribution in [0, 0.1) is 17.0 Å². The van der Waals surface area contributed by atoms with E-state index in [0.717, 1.165) is 27.8 Å². The fourth-order valence-electron chi connectivity index (χ4n) is 4.20. The van der Waals surface area contributed by atoms with E-state index in [4.69, 9.17) is 0 Å². The van der Waals surface area contributed by atoms with Crippen molar-refractivity contribution in [2.75, 3.05) is 7.11 Å². The van der Waals surface area contributed by atoms with Gasteiger partial charge in [-0.05, 0) is 63.9 Å². The lowest BCUT2D eigenvalue weighted by atomic mass is 9.70. The number of aliphatic hydroxyl groups excluding tert-OH is 2. The summed E-state index contributed by atoms with van der Waals surface area (Å²) in [5, 5.41) is 20.5. The number of hydrogen-bond acceptors (Lipinski definition) is 4. The molecule has 0 saturated carbocycles. The van der Waals surface area contributed by atoms with Crippen molar-refractivity contribution in [3.8, 4) is 0 Å². The number of methoxy groups -OCH3 is 1. The second-order valence-corrected chi connectivity index (χ2v) is 9.17. The molecule has 6 heteroatoms. The topological polar surface area (TPSA) is 66.8 Å². The highest BCUT2D eigenvalue weighted by Crippen LogP contribution is 2.46. The van der Waals surface area contributed by atoms with Gasteiger partial charge >= 0.3 is 5.97 Å². The number of allylic oxidation sites excluding steroid dienone is 5. The van der Waals surface area contributed by atoms with Gasteiger partial charge in [-0.15, -0.1) is 0 Å². The number of carbonyl (C=O) groups is 1. The normalized spacial score (nSPS) is 17.4. The second-order valence-electron chi connectivity index (χ2n) is 9.17.